The van der Waals surface area contributed by atoms with E-state index in [0.717, 1.165) is 24.8 Å². The molecule has 2 nitrogen and oxygen atoms in total. The predicted molar refractivity (Wildman–Crippen MR) is 67.4 cm³/mol. The van der Waals surface area contributed by atoms with Crippen LogP contribution in [0.1, 0.15) is 43.5 Å². The van der Waals surface area contributed by atoms with Gasteiger partial charge >= 0.3 is 0 Å². The maximum absolute atomic E-state index is 12.2. The minimum atomic E-state index is 0.0670. The van der Waals surface area contributed by atoms with Crippen LogP contribution < -0.4 is 5.73 Å². The third-order valence-electron chi connectivity index (χ3n) is 3.03. The summed E-state index contributed by atoms with van der Waals surface area (Å²) in [5.74, 6) is 0.296. The third-order valence-corrected chi connectivity index (χ3v) is 3.03. The van der Waals surface area contributed by atoms with Gasteiger partial charge in [-0.15, -0.1) is 0 Å². The molecule has 1 aromatic rings. The van der Waals surface area contributed by atoms with Crippen molar-refractivity contribution in [3.8, 4) is 0 Å². The quantitative estimate of drug-likeness (QED) is 0.747. The first kappa shape index (κ1) is 12.9. The molecule has 0 aromatic heterocycles. The fraction of sp³-hybridized carbons (Fsp3) is 0.500. The lowest BCUT2D eigenvalue weighted by Gasteiger charge is -2.17. The van der Waals surface area contributed by atoms with Gasteiger partial charge in [-0.05, 0) is 19.3 Å². The summed E-state index contributed by atoms with van der Waals surface area (Å²) in [5, 5.41) is 0. The Kier molecular flexibility index (Phi) is 5.20. The molecule has 2 heteroatoms. The predicted octanol–water partition coefficient (Wildman–Crippen LogP) is 3.02. The molecule has 0 fully saturated rings. The van der Waals surface area contributed by atoms with Crippen molar-refractivity contribution in [1.29, 1.82) is 0 Å². The standard InChI is InChI=1S/C14H21NO/c1-3-11(10-13(15)4-2)14(16)12-8-6-5-7-9-12/h5-9,11,13H,3-4,10,15H2,1-2H3. The number of rotatable bonds is 6. The van der Waals surface area contributed by atoms with Crippen LogP contribution in [-0.4, -0.2) is 11.8 Å². The zero-order chi connectivity index (χ0) is 12.0. The van der Waals surface area contributed by atoms with Gasteiger partial charge in [0.25, 0.3) is 0 Å². The number of carbonyl (C=O) groups is 1. The van der Waals surface area contributed by atoms with Crippen molar-refractivity contribution in [3.63, 3.8) is 0 Å². The number of carbonyl (C=O) groups excluding carboxylic acids is 1. The summed E-state index contributed by atoms with van der Waals surface area (Å²) in [4.78, 5) is 12.2. The second kappa shape index (κ2) is 6.44. The first-order chi connectivity index (χ1) is 7.69. The normalized spacial score (nSPS) is 14.4. The van der Waals surface area contributed by atoms with Crippen LogP contribution >= 0.6 is 0 Å². The Bertz CT molecular complexity index is 321. The largest absolute Gasteiger partial charge is 0.328 e. The van der Waals surface area contributed by atoms with Gasteiger partial charge in [-0.2, -0.15) is 0 Å². The first-order valence-corrected chi connectivity index (χ1v) is 6.03. The Morgan fingerprint density at radius 1 is 1.19 bits per heavy atom. The van der Waals surface area contributed by atoms with Gasteiger partial charge in [-0.3, -0.25) is 4.79 Å². The molecule has 0 saturated heterocycles. The Hall–Kier alpha value is -1.15. The van der Waals surface area contributed by atoms with Crippen LogP contribution in [0.25, 0.3) is 0 Å². The number of hydrogen-bond acceptors (Lipinski definition) is 2. The van der Waals surface area contributed by atoms with E-state index in [0.29, 0.717) is 0 Å². The van der Waals surface area contributed by atoms with E-state index in [2.05, 4.69) is 6.92 Å². The molecule has 0 heterocycles. The second-order valence-corrected chi connectivity index (χ2v) is 4.24. The summed E-state index contributed by atoms with van der Waals surface area (Å²) in [6.45, 7) is 4.11. The van der Waals surface area contributed by atoms with Gasteiger partial charge in [-0.25, -0.2) is 0 Å². The fourth-order valence-corrected chi connectivity index (χ4v) is 1.83. The van der Waals surface area contributed by atoms with Crippen LogP contribution in [0.4, 0.5) is 0 Å². The maximum Gasteiger partial charge on any atom is 0.165 e. The van der Waals surface area contributed by atoms with Crippen LogP contribution in [0.5, 0.6) is 0 Å². The van der Waals surface area contributed by atoms with Gasteiger partial charge in [0, 0.05) is 17.5 Å². The van der Waals surface area contributed by atoms with Crippen molar-refractivity contribution in [3.05, 3.63) is 35.9 Å². The molecular formula is C14H21NO. The molecule has 88 valence electrons. The average molecular weight is 219 g/mol. The van der Waals surface area contributed by atoms with Crippen LogP contribution in [0.15, 0.2) is 30.3 Å². The molecule has 0 saturated carbocycles. The number of hydrogen-bond donors (Lipinski definition) is 1. The van der Waals surface area contributed by atoms with Crippen molar-refractivity contribution < 1.29 is 4.79 Å². The highest BCUT2D eigenvalue weighted by Crippen LogP contribution is 2.18. The summed E-state index contributed by atoms with van der Waals surface area (Å²) in [7, 11) is 0. The van der Waals surface area contributed by atoms with Crippen LogP contribution in [-0.2, 0) is 0 Å². The molecule has 1 aromatic carbocycles. The SMILES string of the molecule is CCC(N)CC(CC)C(=O)c1ccccc1. The highest BCUT2D eigenvalue weighted by atomic mass is 16.1. The highest BCUT2D eigenvalue weighted by Gasteiger charge is 2.19. The lowest BCUT2D eigenvalue weighted by molar-refractivity contribution is 0.0904. The Morgan fingerprint density at radius 3 is 2.31 bits per heavy atom. The van der Waals surface area contributed by atoms with Crippen LogP contribution in [0.2, 0.25) is 0 Å². The summed E-state index contributed by atoms with van der Waals surface area (Å²) >= 11 is 0. The minimum Gasteiger partial charge on any atom is -0.328 e. The molecule has 1 rings (SSSR count). The molecular weight excluding hydrogens is 198 g/mol. The zero-order valence-corrected chi connectivity index (χ0v) is 10.1. The van der Waals surface area contributed by atoms with Gasteiger partial charge in [0.05, 0.1) is 0 Å². The molecule has 2 N–H and O–H groups in total. The lowest BCUT2D eigenvalue weighted by Crippen LogP contribution is -2.26. The van der Waals surface area contributed by atoms with Crippen molar-refractivity contribution in [2.75, 3.05) is 0 Å². The van der Waals surface area contributed by atoms with E-state index in [1.165, 1.54) is 0 Å². The topological polar surface area (TPSA) is 43.1 Å². The van der Waals surface area contributed by atoms with Gasteiger partial charge < -0.3 is 5.73 Å². The Labute approximate surface area is 97.9 Å². The number of ketones is 1. The van der Waals surface area contributed by atoms with Crippen LogP contribution in [0.3, 0.4) is 0 Å². The van der Waals surface area contributed by atoms with E-state index in [9.17, 15) is 4.79 Å². The average Bonchev–Trinajstić information content (AvgIpc) is 2.35. The molecule has 0 bridgehead atoms. The van der Waals surface area contributed by atoms with Gasteiger partial charge in [0.15, 0.2) is 5.78 Å². The zero-order valence-electron chi connectivity index (χ0n) is 10.1. The summed E-state index contributed by atoms with van der Waals surface area (Å²) in [6.07, 6.45) is 2.58. The van der Waals surface area contributed by atoms with E-state index in [1.54, 1.807) is 0 Å². The minimum absolute atomic E-state index is 0.0670. The molecule has 0 amide bonds. The van der Waals surface area contributed by atoms with Crippen molar-refractivity contribution in [2.24, 2.45) is 11.7 Å². The summed E-state index contributed by atoms with van der Waals surface area (Å²) in [6, 6.07) is 9.62. The van der Waals surface area contributed by atoms with E-state index in [1.807, 2.05) is 37.3 Å². The molecule has 0 aliphatic rings. The molecule has 0 aliphatic heterocycles. The number of Topliss-reactive ketones (excluding diaryl/α,β-unsaturated/α-hetero) is 1. The molecule has 2 atom stereocenters. The lowest BCUT2D eigenvalue weighted by atomic mass is 9.89. The summed E-state index contributed by atoms with van der Waals surface area (Å²) in [5.41, 5.74) is 6.72. The Morgan fingerprint density at radius 2 is 1.81 bits per heavy atom. The number of nitrogens with two attached hydrogens (primary N) is 1. The molecule has 0 aliphatic carbocycles. The highest BCUT2D eigenvalue weighted by molar-refractivity contribution is 5.97. The second-order valence-electron chi connectivity index (χ2n) is 4.24. The van der Waals surface area contributed by atoms with Crippen molar-refractivity contribution in [1.82, 2.24) is 0 Å². The van der Waals surface area contributed by atoms with Gasteiger partial charge in [-0.1, -0.05) is 44.2 Å². The molecule has 0 radical (unpaired) electrons. The van der Waals surface area contributed by atoms with Crippen molar-refractivity contribution >= 4 is 5.78 Å². The fourth-order valence-electron chi connectivity index (χ4n) is 1.83. The number of benzene rings is 1. The van der Waals surface area contributed by atoms with Gasteiger partial charge in [0.1, 0.15) is 0 Å². The molecule has 0 spiro atoms. The van der Waals surface area contributed by atoms with E-state index in [4.69, 9.17) is 5.73 Å². The smallest absolute Gasteiger partial charge is 0.165 e. The van der Waals surface area contributed by atoms with E-state index >= 15 is 0 Å². The van der Waals surface area contributed by atoms with E-state index < -0.39 is 0 Å². The van der Waals surface area contributed by atoms with Crippen molar-refractivity contribution in [2.45, 2.75) is 39.2 Å². The Balaban J connectivity index is 2.70. The summed E-state index contributed by atoms with van der Waals surface area (Å²) < 4.78 is 0. The monoisotopic (exact) mass is 219 g/mol. The van der Waals surface area contributed by atoms with E-state index in [-0.39, 0.29) is 17.7 Å². The first-order valence-electron chi connectivity index (χ1n) is 6.03. The van der Waals surface area contributed by atoms with Crippen LogP contribution in [0, 0.1) is 5.92 Å². The third kappa shape index (κ3) is 3.46. The van der Waals surface area contributed by atoms with Gasteiger partial charge in [0.2, 0.25) is 0 Å². The molecule has 2 unspecified atom stereocenters. The maximum atomic E-state index is 12.2. The molecule has 16 heavy (non-hydrogen) atoms.